The van der Waals surface area contributed by atoms with Crippen molar-refractivity contribution in [3.63, 3.8) is 0 Å². The average molecular weight is 217 g/mol. The Labute approximate surface area is 97.1 Å². The first-order chi connectivity index (χ1) is 7.47. The fourth-order valence-corrected chi connectivity index (χ4v) is 2.08. The van der Waals surface area contributed by atoms with Crippen LogP contribution in [0, 0.1) is 0 Å². The highest BCUT2D eigenvalue weighted by molar-refractivity contribution is 5.78. The van der Waals surface area contributed by atoms with Gasteiger partial charge in [0, 0.05) is 6.42 Å². The molecule has 86 valence electrons. The van der Waals surface area contributed by atoms with Crippen LogP contribution >= 0.6 is 0 Å². The van der Waals surface area contributed by atoms with Gasteiger partial charge in [0.05, 0.1) is 6.04 Å². The zero-order chi connectivity index (χ0) is 11.8. The molecule has 1 atom stereocenters. The summed E-state index contributed by atoms with van der Waals surface area (Å²) in [4.78, 5) is 11.1. The summed E-state index contributed by atoms with van der Waals surface area (Å²) >= 11 is 0. The van der Waals surface area contributed by atoms with Crippen molar-refractivity contribution in [3.05, 3.63) is 35.4 Å². The molecule has 2 heteroatoms. The standard InChI is InChI=1S/C14H19NO/c1-14(2,3)11-6-4-10(5-7-11)12-8-9-13(16)15-12/h4-7,12H,8-9H2,1-3H3,(H,15,16). The van der Waals surface area contributed by atoms with Gasteiger partial charge in [-0.05, 0) is 23.0 Å². The number of benzene rings is 1. The summed E-state index contributed by atoms with van der Waals surface area (Å²) in [5.74, 6) is 0.171. The van der Waals surface area contributed by atoms with Gasteiger partial charge in [-0.25, -0.2) is 0 Å². The molecule has 1 aromatic carbocycles. The molecule has 0 bridgehead atoms. The lowest BCUT2D eigenvalue weighted by Gasteiger charge is -2.20. The van der Waals surface area contributed by atoms with E-state index in [-0.39, 0.29) is 17.4 Å². The summed E-state index contributed by atoms with van der Waals surface area (Å²) in [5.41, 5.74) is 2.75. The molecule has 1 aliphatic rings. The molecule has 1 aliphatic heterocycles. The van der Waals surface area contributed by atoms with Crippen molar-refractivity contribution < 1.29 is 4.79 Å². The Morgan fingerprint density at radius 3 is 2.25 bits per heavy atom. The van der Waals surface area contributed by atoms with Crippen LogP contribution < -0.4 is 5.32 Å². The number of carbonyl (C=O) groups excluding carboxylic acids is 1. The Bertz CT molecular complexity index is 386. The predicted octanol–water partition coefficient (Wildman–Crippen LogP) is 2.94. The number of hydrogen-bond donors (Lipinski definition) is 1. The minimum Gasteiger partial charge on any atom is -0.349 e. The van der Waals surface area contributed by atoms with E-state index in [4.69, 9.17) is 0 Å². The molecule has 1 saturated heterocycles. The van der Waals surface area contributed by atoms with Crippen LogP contribution in [0.4, 0.5) is 0 Å². The average Bonchev–Trinajstić information content (AvgIpc) is 2.64. The van der Waals surface area contributed by atoms with E-state index in [1.54, 1.807) is 0 Å². The van der Waals surface area contributed by atoms with Gasteiger partial charge in [0.2, 0.25) is 5.91 Å². The van der Waals surface area contributed by atoms with Gasteiger partial charge in [0.1, 0.15) is 0 Å². The number of rotatable bonds is 1. The van der Waals surface area contributed by atoms with Crippen LogP contribution in [0.2, 0.25) is 0 Å². The molecule has 1 unspecified atom stereocenters. The molecule has 2 nitrogen and oxygen atoms in total. The van der Waals surface area contributed by atoms with Gasteiger partial charge in [0.25, 0.3) is 0 Å². The second-order valence-electron chi connectivity index (χ2n) is 5.53. The minimum absolute atomic E-state index is 0.171. The highest BCUT2D eigenvalue weighted by Gasteiger charge is 2.22. The Balaban J connectivity index is 2.17. The Morgan fingerprint density at radius 1 is 1.19 bits per heavy atom. The Morgan fingerprint density at radius 2 is 1.81 bits per heavy atom. The van der Waals surface area contributed by atoms with E-state index in [1.165, 1.54) is 11.1 Å². The van der Waals surface area contributed by atoms with Crippen LogP contribution in [-0.4, -0.2) is 5.91 Å². The fraction of sp³-hybridized carbons (Fsp3) is 0.500. The van der Waals surface area contributed by atoms with E-state index in [1.807, 2.05) is 0 Å². The summed E-state index contributed by atoms with van der Waals surface area (Å²) in [6.07, 6.45) is 1.58. The lowest BCUT2D eigenvalue weighted by molar-refractivity contribution is -0.119. The van der Waals surface area contributed by atoms with Crippen LogP contribution in [0.15, 0.2) is 24.3 Å². The van der Waals surface area contributed by atoms with Gasteiger partial charge in [-0.3, -0.25) is 4.79 Å². The molecule has 0 radical (unpaired) electrons. The number of carbonyl (C=O) groups is 1. The van der Waals surface area contributed by atoms with Gasteiger partial charge in [0.15, 0.2) is 0 Å². The highest BCUT2D eigenvalue weighted by atomic mass is 16.1. The molecule has 1 amide bonds. The topological polar surface area (TPSA) is 29.1 Å². The first kappa shape index (κ1) is 11.2. The summed E-state index contributed by atoms with van der Waals surface area (Å²) in [6, 6.07) is 8.83. The van der Waals surface area contributed by atoms with Crippen LogP contribution in [0.1, 0.15) is 50.8 Å². The third-order valence-electron chi connectivity index (χ3n) is 3.17. The van der Waals surface area contributed by atoms with Crippen LogP contribution in [0.25, 0.3) is 0 Å². The molecule has 0 aliphatic carbocycles. The molecule has 0 saturated carbocycles. The molecule has 0 spiro atoms. The fourth-order valence-electron chi connectivity index (χ4n) is 2.08. The summed E-state index contributed by atoms with van der Waals surface area (Å²) in [7, 11) is 0. The monoisotopic (exact) mass is 217 g/mol. The predicted molar refractivity (Wildman–Crippen MR) is 65.3 cm³/mol. The summed E-state index contributed by atoms with van der Waals surface area (Å²) in [6.45, 7) is 6.62. The zero-order valence-electron chi connectivity index (χ0n) is 10.2. The molecule has 1 N–H and O–H groups in total. The first-order valence-electron chi connectivity index (χ1n) is 5.86. The molecule has 16 heavy (non-hydrogen) atoms. The van der Waals surface area contributed by atoms with Gasteiger partial charge in [-0.2, -0.15) is 0 Å². The second-order valence-corrected chi connectivity index (χ2v) is 5.53. The number of nitrogens with one attached hydrogen (secondary N) is 1. The van der Waals surface area contributed by atoms with Gasteiger partial charge in [-0.1, -0.05) is 45.0 Å². The minimum atomic E-state index is 0.171. The van der Waals surface area contributed by atoms with Crippen molar-refractivity contribution in [1.82, 2.24) is 5.32 Å². The van der Waals surface area contributed by atoms with Gasteiger partial charge < -0.3 is 5.32 Å². The van der Waals surface area contributed by atoms with E-state index in [9.17, 15) is 4.79 Å². The number of hydrogen-bond acceptors (Lipinski definition) is 1. The number of amides is 1. The second kappa shape index (κ2) is 3.93. The van der Waals surface area contributed by atoms with Crippen molar-refractivity contribution in [3.8, 4) is 0 Å². The van der Waals surface area contributed by atoms with E-state index < -0.39 is 0 Å². The van der Waals surface area contributed by atoms with E-state index in [0.717, 1.165) is 6.42 Å². The molecule has 1 aromatic rings. The maximum Gasteiger partial charge on any atom is 0.220 e. The van der Waals surface area contributed by atoms with E-state index in [0.29, 0.717) is 6.42 Å². The van der Waals surface area contributed by atoms with Gasteiger partial charge in [-0.15, -0.1) is 0 Å². The van der Waals surface area contributed by atoms with E-state index >= 15 is 0 Å². The SMILES string of the molecule is CC(C)(C)c1ccc(C2CCC(=O)N2)cc1. The van der Waals surface area contributed by atoms with E-state index in [2.05, 4.69) is 50.4 Å². The Kier molecular flexibility index (Phi) is 2.75. The summed E-state index contributed by atoms with van der Waals surface area (Å²) in [5, 5.41) is 2.99. The molecular weight excluding hydrogens is 198 g/mol. The molecular formula is C14H19NO. The van der Waals surface area contributed by atoms with Crippen molar-refractivity contribution >= 4 is 5.91 Å². The quantitative estimate of drug-likeness (QED) is 0.770. The van der Waals surface area contributed by atoms with Gasteiger partial charge >= 0.3 is 0 Å². The third kappa shape index (κ3) is 2.26. The maximum absolute atomic E-state index is 11.1. The van der Waals surface area contributed by atoms with Crippen molar-refractivity contribution in [2.24, 2.45) is 0 Å². The third-order valence-corrected chi connectivity index (χ3v) is 3.17. The molecule has 1 fully saturated rings. The molecule has 0 aromatic heterocycles. The van der Waals surface area contributed by atoms with Crippen LogP contribution in [0.5, 0.6) is 0 Å². The van der Waals surface area contributed by atoms with Crippen molar-refractivity contribution in [2.75, 3.05) is 0 Å². The largest absolute Gasteiger partial charge is 0.349 e. The molecule has 1 heterocycles. The highest BCUT2D eigenvalue weighted by Crippen LogP contribution is 2.27. The molecule has 2 rings (SSSR count). The normalized spacial score (nSPS) is 20.9. The lowest BCUT2D eigenvalue weighted by Crippen LogP contribution is -2.18. The van der Waals surface area contributed by atoms with Crippen molar-refractivity contribution in [2.45, 2.75) is 45.1 Å². The Hall–Kier alpha value is -1.31. The first-order valence-corrected chi connectivity index (χ1v) is 5.86. The van der Waals surface area contributed by atoms with Crippen molar-refractivity contribution in [1.29, 1.82) is 0 Å². The van der Waals surface area contributed by atoms with Crippen LogP contribution in [0.3, 0.4) is 0 Å². The lowest BCUT2D eigenvalue weighted by atomic mass is 9.86. The van der Waals surface area contributed by atoms with Crippen LogP contribution in [-0.2, 0) is 10.2 Å². The summed E-state index contributed by atoms with van der Waals surface area (Å²) < 4.78 is 0. The maximum atomic E-state index is 11.1. The smallest absolute Gasteiger partial charge is 0.220 e. The zero-order valence-corrected chi connectivity index (χ0v) is 10.2.